The Bertz CT molecular complexity index is 617. The predicted octanol–water partition coefficient (Wildman–Crippen LogP) is 1.45. The van der Waals surface area contributed by atoms with Crippen molar-refractivity contribution >= 4 is 10.0 Å². The van der Waals surface area contributed by atoms with Crippen molar-refractivity contribution in [2.24, 2.45) is 5.41 Å². The minimum atomic E-state index is -3.53. The quantitative estimate of drug-likeness (QED) is 0.913. The molecule has 0 amide bonds. The molecule has 7 heteroatoms. The van der Waals surface area contributed by atoms with Gasteiger partial charge in [0, 0.05) is 32.0 Å². The van der Waals surface area contributed by atoms with Gasteiger partial charge in [-0.1, -0.05) is 0 Å². The van der Waals surface area contributed by atoms with Crippen molar-refractivity contribution in [1.29, 1.82) is 0 Å². The Kier molecular flexibility index (Phi) is 3.83. The Hall–Kier alpha value is -0.920. The Morgan fingerprint density at radius 3 is 2.67 bits per heavy atom. The average Bonchev–Trinajstić information content (AvgIpc) is 2.87. The lowest BCUT2D eigenvalue weighted by atomic mass is 9.60. The van der Waals surface area contributed by atoms with Crippen molar-refractivity contribution in [2.45, 2.75) is 57.1 Å². The molecular formula is C14H23N3O3S. The second kappa shape index (κ2) is 5.37. The van der Waals surface area contributed by atoms with Crippen LogP contribution in [0.5, 0.6) is 0 Å². The van der Waals surface area contributed by atoms with Gasteiger partial charge in [0.05, 0.1) is 0 Å². The number of nitrogens with zero attached hydrogens (tertiary/aromatic N) is 2. The van der Waals surface area contributed by atoms with Gasteiger partial charge in [0.1, 0.15) is 5.82 Å². The van der Waals surface area contributed by atoms with Crippen molar-refractivity contribution in [3.63, 3.8) is 0 Å². The van der Waals surface area contributed by atoms with Gasteiger partial charge in [-0.3, -0.25) is 0 Å². The minimum Gasteiger partial charge on any atom is -0.381 e. The molecule has 0 bridgehead atoms. The highest BCUT2D eigenvalue weighted by atomic mass is 32.2. The van der Waals surface area contributed by atoms with Crippen LogP contribution in [0, 0.1) is 12.3 Å². The highest BCUT2D eigenvalue weighted by molar-refractivity contribution is 7.89. The van der Waals surface area contributed by atoms with Crippen LogP contribution in [0.2, 0.25) is 0 Å². The molecule has 1 saturated heterocycles. The molecule has 118 valence electrons. The number of sulfonamides is 1. The van der Waals surface area contributed by atoms with E-state index in [0.29, 0.717) is 0 Å². The van der Waals surface area contributed by atoms with E-state index in [1.807, 2.05) is 18.4 Å². The van der Waals surface area contributed by atoms with Gasteiger partial charge >= 0.3 is 0 Å². The average molecular weight is 313 g/mol. The fraction of sp³-hybridized carbons (Fsp3) is 0.786. The van der Waals surface area contributed by atoms with Crippen LogP contribution < -0.4 is 4.72 Å². The van der Waals surface area contributed by atoms with Crippen LogP contribution in [-0.4, -0.2) is 37.2 Å². The standard InChI is InChI=1S/C14H23N3O3S/c1-3-17-10-13(15-11(17)2)21(18,19)16-12-4-5-14(12)6-8-20-9-7-14/h10,12,16H,3-9H2,1-2H3. The number of nitrogens with one attached hydrogen (secondary N) is 1. The van der Waals surface area contributed by atoms with Crippen LogP contribution >= 0.6 is 0 Å². The Labute approximate surface area is 125 Å². The summed E-state index contributed by atoms with van der Waals surface area (Å²) < 4.78 is 35.2. The van der Waals surface area contributed by atoms with Gasteiger partial charge in [-0.15, -0.1) is 0 Å². The molecule has 2 aliphatic rings. The highest BCUT2D eigenvalue weighted by Gasteiger charge is 2.49. The van der Waals surface area contributed by atoms with E-state index in [0.717, 1.165) is 51.3 Å². The van der Waals surface area contributed by atoms with Crippen LogP contribution in [-0.2, 0) is 21.3 Å². The Morgan fingerprint density at radius 1 is 1.43 bits per heavy atom. The second-order valence-electron chi connectivity index (χ2n) is 6.10. The van der Waals surface area contributed by atoms with Crippen LogP contribution in [0.25, 0.3) is 0 Å². The Morgan fingerprint density at radius 2 is 2.14 bits per heavy atom. The van der Waals surface area contributed by atoms with Crippen molar-refractivity contribution in [2.75, 3.05) is 13.2 Å². The minimum absolute atomic E-state index is 0.0264. The van der Waals surface area contributed by atoms with E-state index in [-0.39, 0.29) is 16.5 Å². The maximum atomic E-state index is 12.5. The van der Waals surface area contributed by atoms with Crippen molar-refractivity contribution in [3.8, 4) is 0 Å². The van der Waals surface area contributed by atoms with Gasteiger partial charge in [-0.2, -0.15) is 0 Å². The van der Waals surface area contributed by atoms with Crippen molar-refractivity contribution in [1.82, 2.24) is 14.3 Å². The van der Waals surface area contributed by atoms with Gasteiger partial charge in [-0.25, -0.2) is 18.1 Å². The normalized spacial score (nSPS) is 25.0. The molecule has 1 aliphatic heterocycles. The number of hydrogen-bond acceptors (Lipinski definition) is 4. The lowest BCUT2D eigenvalue weighted by Crippen LogP contribution is -2.57. The third kappa shape index (κ3) is 2.62. The zero-order valence-electron chi connectivity index (χ0n) is 12.6. The van der Waals surface area contributed by atoms with Crippen LogP contribution in [0.3, 0.4) is 0 Å². The lowest BCUT2D eigenvalue weighted by Gasteiger charge is -2.51. The van der Waals surface area contributed by atoms with Crippen LogP contribution in [0.15, 0.2) is 11.2 Å². The molecule has 1 atom stereocenters. The molecule has 2 heterocycles. The number of aromatic nitrogens is 2. The smallest absolute Gasteiger partial charge is 0.259 e. The summed E-state index contributed by atoms with van der Waals surface area (Å²) in [5, 5.41) is 0.135. The number of aryl methyl sites for hydroxylation is 2. The van der Waals surface area contributed by atoms with E-state index < -0.39 is 10.0 Å². The largest absolute Gasteiger partial charge is 0.381 e. The first-order valence-electron chi connectivity index (χ1n) is 7.61. The van der Waals surface area contributed by atoms with Crippen LogP contribution in [0.4, 0.5) is 0 Å². The van der Waals surface area contributed by atoms with Crippen molar-refractivity contribution < 1.29 is 13.2 Å². The van der Waals surface area contributed by atoms with E-state index in [1.165, 1.54) is 0 Å². The zero-order chi connectivity index (χ0) is 15.1. The summed E-state index contributed by atoms with van der Waals surface area (Å²) in [7, 11) is -3.53. The molecule has 0 aromatic carbocycles. The molecule has 1 aromatic rings. The zero-order valence-corrected chi connectivity index (χ0v) is 13.4. The van der Waals surface area contributed by atoms with E-state index >= 15 is 0 Å². The van der Waals surface area contributed by atoms with Gasteiger partial charge in [-0.05, 0) is 44.9 Å². The third-order valence-electron chi connectivity index (χ3n) is 5.03. The predicted molar refractivity (Wildman–Crippen MR) is 78.5 cm³/mol. The van der Waals surface area contributed by atoms with Gasteiger partial charge in [0.25, 0.3) is 10.0 Å². The highest BCUT2D eigenvalue weighted by Crippen LogP contribution is 2.49. The molecule has 6 nitrogen and oxygen atoms in total. The summed E-state index contributed by atoms with van der Waals surface area (Å²) in [5.74, 6) is 0.729. The molecule has 2 fully saturated rings. The molecule has 1 N–H and O–H groups in total. The maximum Gasteiger partial charge on any atom is 0.259 e. The topological polar surface area (TPSA) is 73.2 Å². The van der Waals surface area contributed by atoms with Crippen molar-refractivity contribution in [3.05, 3.63) is 12.0 Å². The fourth-order valence-corrected chi connectivity index (χ4v) is 4.82. The molecule has 1 saturated carbocycles. The summed E-state index contributed by atoms with van der Waals surface area (Å²) in [6.07, 6.45) is 5.51. The molecule has 3 rings (SSSR count). The molecule has 1 aromatic heterocycles. The first-order chi connectivity index (χ1) is 9.97. The number of ether oxygens (including phenoxy) is 1. The summed E-state index contributed by atoms with van der Waals surface area (Å²) >= 11 is 0. The number of imidazole rings is 1. The van der Waals surface area contributed by atoms with Gasteiger partial charge in [0.2, 0.25) is 0 Å². The molecule has 1 aliphatic carbocycles. The monoisotopic (exact) mass is 313 g/mol. The summed E-state index contributed by atoms with van der Waals surface area (Å²) in [5.41, 5.74) is 0.105. The first-order valence-corrected chi connectivity index (χ1v) is 9.09. The molecule has 0 radical (unpaired) electrons. The lowest BCUT2D eigenvalue weighted by molar-refractivity contribution is -0.0483. The summed E-state index contributed by atoms with van der Waals surface area (Å²) in [6.45, 7) is 6.00. The van der Waals surface area contributed by atoms with E-state index in [1.54, 1.807) is 6.20 Å². The molecular weight excluding hydrogens is 290 g/mol. The van der Waals surface area contributed by atoms with E-state index in [4.69, 9.17) is 4.74 Å². The Balaban J connectivity index is 1.76. The van der Waals surface area contributed by atoms with E-state index in [9.17, 15) is 8.42 Å². The maximum absolute atomic E-state index is 12.5. The van der Waals surface area contributed by atoms with Gasteiger partial charge < -0.3 is 9.30 Å². The number of hydrogen-bond donors (Lipinski definition) is 1. The first kappa shape index (κ1) is 15.0. The third-order valence-corrected chi connectivity index (χ3v) is 6.37. The SMILES string of the molecule is CCn1cc(S(=O)(=O)NC2CCC23CCOCC3)nc1C. The fourth-order valence-electron chi connectivity index (χ4n) is 3.43. The summed E-state index contributed by atoms with van der Waals surface area (Å²) in [4.78, 5) is 4.19. The van der Waals surface area contributed by atoms with E-state index in [2.05, 4.69) is 9.71 Å². The van der Waals surface area contributed by atoms with Crippen LogP contribution in [0.1, 0.15) is 38.4 Å². The molecule has 1 unspecified atom stereocenters. The summed E-state index contributed by atoms with van der Waals surface area (Å²) in [6, 6.07) is 0.0264. The van der Waals surface area contributed by atoms with Gasteiger partial charge in [0.15, 0.2) is 5.03 Å². The number of rotatable bonds is 4. The second-order valence-corrected chi connectivity index (χ2v) is 7.76. The molecule has 1 spiro atoms. The molecule has 21 heavy (non-hydrogen) atoms.